The smallest absolute Gasteiger partial charge is 0.309 e. The van der Waals surface area contributed by atoms with Crippen molar-refractivity contribution >= 4 is 11.8 Å². The Kier molecular flexibility index (Phi) is 5.95. The standard InChI is InChI=1S/C17H25N3O2/c1-3-20-11-7-10-15(20)12-18-16(21)17(22)19-13(2)14-8-5-4-6-9-14/h4-6,8-9,13,15H,3,7,10-12H2,1-2H3,(H,18,21)(H,19,22)/t13-,15+/m1/s1. The molecule has 0 saturated carbocycles. The molecule has 5 heteroatoms. The van der Waals surface area contributed by atoms with E-state index in [9.17, 15) is 9.59 Å². The Morgan fingerprint density at radius 1 is 1.27 bits per heavy atom. The maximum atomic E-state index is 11.9. The van der Waals surface area contributed by atoms with Crippen molar-refractivity contribution in [3.05, 3.63) is 35.9 Å². The van der Waals surface area contributed by atoms with E-state index in [4.69, 9.17) is 0 Å². The van der Waals surface area contributed by atoms with E-state index in [2.05, 4.69) is 22.5 Å². The first-order valence-electron chi connectivity index (χ1n) is 7.99. The zero-order chi connectivity index (χ0) is 15.9. The molecule has 0 radical (unpaired) electrons. The van der Waals surface area contributed by atoms with Crippen LogP contribution in [-0.2, 0) is 9.59 Å². The molecule has 2 atom stereocenters. The van der Waals surface area contributed by atoms with Crippen molar-refractivity contribution in [2.24, 2.45) is 0 Å². The molecule has 120 valence electrons. The van der Waals surface area contributed by atoms with Gasteiger partial charge < -0.3 is 10.6 Å². The Bertz CT molecular complexity index is 504. The largest absolute Gasteiger partial charge is 0.346 e. The molecule has 22 heavy (non-hydrogen) atoms. The van der Waals surface area contributed by atoms with Gasteiger partial charge in [-0.2, -0.15) is 0 Å². The lowest BCUT2D eigenvalue weighted by molar-refractivity contribution is -0.139. The van der Waals surface area contributed by atoms with Gasteiger partial charge in [-0.15, -0.1) is 0 Å². The maximum absolute atomic E-state index is 11.9. The highest BCUT2D eigenvalue weighted by molar-refractivity contribution is 6.35. The Morgan fingerprint density at radius 2 is 2.00 bits per heavy atom. The van der Waals surface area contributed by atoms with Crippen molar-refractivity contribution in [3.8, 4) is 0 Å². The van der Waals surface area contributed by atoms with E-state index in [1.807, 2.05) is 37.3 Å². The minimum atomic E-state index is -0.572. The van der Waals surface area contributed by atoms with Crippen molar-refractivity contribution in [2.75, 3.05) is 19.6 Å². The van der Waals surface area contributed by atoms with Crippen LogP contribution < -0.4 is 10.6 Å². The molecule has 2 rings (SSSR count). The number of rotatable bonds is 5. The Labute approximate surface area is 132 Å². The molecular weight excluding hydrogens is 278 g/mol. The lowest BCUT2D eigenvalue weighted by atomic mass is 10.1. The number of nitrogens with zero attached hydrogens (tertiary/aromatic N) is 1. The van der Waals surface area contributed by atoms with E-state index in [-0.39, 0.29) is 6.04 Å². The zero-order valence-corrected chi connectivity index (χ0v) is 13.3. The van der Waals surface area contributed by atoms with Gasteiger partial charge in [0.15, 0.2) is 0 Å². The van der Waals surface area contributed by atoms with Crippen LogP contribution >= 0.6 is 0 Å². The van der Waals surface area contributed by atoms with Crippen LogP contribution in [0.5, 0.6) is 0 Å². The van der Waals surface area contributed by atoms with Gasteiger partial charge in [0.05, 0.1) is 6.04 Å². The summed E-state index contributed by atoms with van der Waals surface area (Å²) in [6.45, 7) is 6.59. The molecule has 0 spiro atoms. The predicted octanol–water partition coefficient (Wildman–Crippen LogP) is 1.46. The zero-order valence-electron chi connectivity index (χ0n) is 13.3. The van der Waals surface area contributed by atoms with Crippen LogP contribution in [0.1, 0.15) is 38.3 Å². The Hall–Kier alpha value is -1.88. The van der Waals surface area contributed by atoms with E-state index in [0.29, 0.717) is 12.6 Å². The number of nitrogens with one attached hydrogen (secondary N) is 2. The maximum Gasteiger partial charge on any atom is 0.309 e. The second-order valence-electron chi connectivity index (χ2n) is 5.74. The number of likely N-dealkylation sites (N-methyl/N-ethyl adjacent to an activating group) is 1. The summed E-state index contributed by atoms with van der Waals surface area (Å²) in [6, 6.07) is 9.79. The third-order valence-electron chi connectivity index (χ3n) is 4.26. The lowest BCUT2D eigenvalue weighted by Gasteiger charge is -2.23. The third-order valence-corrected chi connectivity index (χ3v) is 4.26. The summed E-state index contributed by atoms with van der Waals surface area (Å²) < 4.78 is 0. The normalized spacial score (nSPS) is 19.6. The van der Waals surface area contributed by atoms with Crippen LogP contribution in [0.3, 0.4) is 0 Å². The van der Waals surface area contributed by atoms with E-state index in [0.717, 1.165) is 31.5 Å². The highest BCUT2D eigenvalue weighted by atomic mass is 16.2. The first-order chi connectivity index (χ1) is 10.6. The number of likely N-dealkylation sites (tertiary alicyclic amines) is 1. The number of carbonyl (C=O) groups is 2. The minimum absolute atomic E-state index is 0.182. The van der Waals surface area contributed by atoms with Gasteiger partial charge in [-0.1, -0.05) is 37.3 Å². The fraction of sp³-hybridized carbons (Fsp3) is 0.529. The van der Waals surface area contributed by atoms with Crippen molar-refractivity contribution in [3.63, 3.8) is 0 Å². The van der Waals surface area contributed by atoms with Crippen LogP contribution in [-0.4, -0.2) is 42.4 Å². The van der Waals surface area contributed by atoms with Gasteiger partial charge in [-0.3, -0.25) is 14.5 Å². The van der Waals surface area contributed by atoms with Crippen LogP contribution in [0.25, 0.3) is 0 Å². The summed E-state index contributed by atoms with van der Waals surface area (Å²) in [4.78, 5) is 26.2. The minimum Gasteiger partial charge on any atom is -0.346 e. The van der Waals surface area contributed by atoms with Crippen LogP contribution in [0.2, 0.25) is 0 Å². The topological polar surface area (TPSA) is 61.4 Å². The molecule has 1 aromatic rings. The van der Waals surface area contributed by atoms with Gasteiger partial charge in [0.25, 0.3) is 0 Å². The molecule has 5 nitrogen and oxygen atoms in total. The molecule has 0 unspecified atom stereocenters. The summed E-state index contributed by atoms with van der Waals surface area (Å²) in [6.07, 6.45) is 2.24. The number of hydrogen-bond donors (Lipinski definition) is 2. The van der Waals surface area contributed by atoms with Gasteiger partial charge >= 0.3 is 11.8 Å². The first-order valence-corrected chi connectivity index (χ1v) is 7.99. The summed E-state index contributed by atoms with van der Waals surface area (Å²) in [5.41, 5.74) is 0.983. The van der Waals surface area contributed by atoms with E-state index in [1.54, 1.807) is 0 Å². The van der Waals surface area contributed by atoms with Gasteiger partial charge in [0, 0.05) is 12.6 Å². The lowest BCUT2D eigenvalue weighted by Crippen LogP contribution is -2.46. The molecule has 1 saturated heterocycles. The predicted molar refractivity (Wildman–Crippen MR) is 86.3 cm³/mol. The molecule has 2 amide bonds. The van der Waals surface area contributed by atoms with Crippen molar-refractivity contribution in [1.82, 2.24) is 15.5 Å². The van der Waals surface area contributed by atoms with Gasteiger partial charge in [0.1, 0.15) is 0 Å². The van der Waals surface area contributed by atoms with Crippen LogP contribution in [0.15, 0.2) is 30.3 Å². The molecule has 0 aromatic heterocycles. The Balaban J connectivity index is 1.78. The molecule has 1 aliphatic heterocycles. The molecular formula is C17H25N3O2. The average Bonchev–Trinajstić information content (AvgIpc) is 3.00. The molecule has 1 aliphatic rings. The Morgan fingerprint density at radius 3 is 2.68 bits per heavy atom. The first kappa shape index (κ1) is 16.5. The van der Waals surface area contributed by atoms with E-state index < -0.39 is 11.8 Å². The quantitative estimate of drug-likeness (QED) is 0.810. The van der Waals surface area contributed by atoms with E-state index >= 15 is 0 Å². The second kappa shape index (κ2) is 7.94. The monoisotopic (exact) mass is 303 g/mol. The molecule has 0 aliphatic carbocycles. The third kappa shape index (κ3) is 4.31. The number of amides is 2. The van der Waals surface area contributed by atoms with E-state index in [1.165, 1.54) is 0 Å². The molecule has 0 bridgehead atoms. The fourth-order valence-electron chi connectivity index (χ4n) is 2.92. The summed E-state index contributed by atoms with van der Waals surface area (Å²) in [5.74, 6) is -1.12. The highest BCUT2D eigenvalue weighted by Gasteiger charge is 2.24. The SMILES string of the molecule is CCN1CCC[C@H]1CNC(=O)C(=O)N[C@H](C)c1ccccc1. The molecule has 1 heterocycles. The number of benzene rings is 1. The van der Waals surface area contributed by atoms with Crippen molar-refractivity contribution < 1.29 is 9.59 Å². The fourth-order valence-corrected chi connectivity index (χ4v) is 2.92. The number of carbonyl (C=O) groups excluding carboxylic acids is 2. The summed E-state index contributed by atoms with van der Waals surface area (Å²) in [7, 11) is 0. The van der Waals surface area contributed by atoms with Gasteiger partial charge in [-0.25, -0.2) is 0 Å². The molecule has 2 N–H and O–H groups in total. The van der Waals surface area contributed by atoms with Gasteiger partial charge in [0.2, 0.25) is 0 Å². The van der Waals surface area contributed by atoms with Crippen LogP contribution in [0.4, 0.5) is 0 Å². The second-order valence-corrected chi connectivity index (χ2v) is 5.74. The van der Waals surface area contributed by atoms with Gasteiger partial charge in [-0.05, 0) is 38.4 Å². The highest BCUT2D eigenvalue weighted by Crippen LogP contribution is 2.15. The van der Waals surface area contributed by atoms with Crippen molar-refractivity contribution in [1.29, 1.82) is 0 Å². The average molecular weight is 303 g/mol. The molecule has 1 fully saturated rings. The molecule has 1 aromatic carbocycles. The summed E-state index contributed by atoms with van der Waals surface area (Å²) >= 11 is 0. The number of hydrogen-bond acceptors (Lipinski definition) is 3. The van der Waals surface area contributed by atoms with Crippen molar-refractivity contribution in [2.45, 2.75) is 38.8 Å². The summed E-state index contributed by atoms with van der Waals surface area (Å²) in [5, 5.41) is 5.48. The van der Waals surface area contributed by atoms with Crippen LogP contribution in [0, 0.1) is 0 Å².